The van der Waals surface area contributed by atoms with Crippen molar-refractivity contribution in [1.82, 2.24) is 4.31 Å². The van der Waals surface area contributed by atoms with E-state index in [2.05, 4.69) is 10.5 Å². The average Bonchev–Trinajstić information content (AvgIpc) is 2.76. The maximum absolute atomic E-state index is 12.8. The lowest BCUT2D eigenvalue weighted by Gasteiger charge is -2.26. The van der Waals surface area contributed by atoms with Gasteiger partial charge in [-0.25, -0.2) is 8.42 Å². The summed E-state index contributed by atoms with van der Waals surface area (Å²) < 4.78 is 37.2. The molecule has 0 saturated carbocycles. The van der Waals surface area contributed by atoms with E-state index in [-0.39, 0.29) is 48.4 Å². The van der Waals surface area contributed by atoms with E-state index in [4.69, 9.17) is 9.47 Å². The van der Waals surface area contributed by atoms with Crippen molar-refractivity contribution in [2.24, 2.45) is 5.10 Å². The number of sulfonamides is 1. The standard InChI is InChI=1S/C19H22N4O7S/c1-2-30-19-11-14(3-6-18(19)24)13-20-21-16-5-4-15(12-17(16)23(25)26)31(27,28)22-7-9-29-10-8-22/h3-6,11-13,21,24H,2,7-10H2,1H3/b20-13+. The van der Waals surface area contributed by atoms with Gasteiger partial charge >= 0.3 is 0 Å². The lowest BCUT2D eigenvalue weighted by atomic mass is 10.2. The number of nitrogens with one attached hydrogen (secondary N) is 1. The monoisotopic (exact) mass is 450 g/mol. The summed E-state index contributed by atoms with van der Waals surface area (Å²) in [6.45, 7) is 3.09. The number of nitrogens with zero attached hydrogens (tertiary/aromatic N) is 3. The number of benzene rings is 2. The van der Waals surface area contributed by atoms with Gasteiger partial charge in [0, 0.05) is 19.2 Å². The highest BCUT2D eigenvalue weighted by Crippen LogP contribution is 2.30. The van der Waals surface area contributed by atoms with Gasteiger partial charge in [0.15, 0.2) is 11.5 Å². The Bertz CT molecular complexity index is 1080. The van der Waals surface area contributed by atoms with Crippen molar-refractivity contribution >= 4 is 27.6 Å². The zero-order chi connectivity index (χ0) is 22.4. The Balaban J connectivity index is 1.81. The second kappa shape index (κ2) is 9.73. The first-order valence-electron chi connectivity index (χ1n) is 9.44. The van der Waals surface area contributed by atoms with Crippen LogP contribution >= 0.6 is 0 Å². The molecule has 0 bridgehead atoms. The number of phenols is 1. The van der Waals surface area contributed by atoms with Gasteiger partial charge in [-0.15, -0.1) is 0 Å². The number of nitro benzene ring substituents is 1. The summed E-state index contributed by atoms with van der Waals surface area (Å²) in [7, 11) is -3.87. The predicted molar refractivity (Wildman–Crippen MR) is 113 cm³/mol. The minimum Gasteiger partial charge on any atom is -0.504 e. The van der Waals surface area contributed by atoms with Crippen molar-refractivity contribution in [3.63, 3.8) is 0 Å². The van der Waals surface area contributed by atoms with Crippen LogP contribution in [0.2, 0.25) is 0 Å². The summed E-state index contributed by atoms with van der Waals surface area (Å²) in [5, 5.41) is 25.2. The van der Waals surface area contributed by atoms with Crippen LogP contribution < -0.4 is 10.2 Å². The van der Waals surface area contributed by atoms with E-state index >= 15 is 0 Å². The van der Waals surface area contributed by atoms with Gasteiger partial charge in [0.2, 0.25) is 10.0 Å². The lowest BCUT2D eigenvalue weighted by molar-refractivity contribution is -0.384. The number of ether oxygens (including phenoxy) is 2. The van der Waals surface area contributed by atoms with Gasteiger partial charge in [-0.05, 0) is 42.8 Å². The largest absolute Gasteiger partial charge is 0.504 e. The van der Waals surface area contributed by atoms with Gasteiger partial charge in [-0.2, -0.15) is 9.41 Å². The summed E-state index contributed by atoms with van der Waals surface area (Å²) in [5.74, 6) is 0.273. The normalized spacial score (nSPS) is 15.1. The summed E-state index contributed by atoms with van der Waals surface area (Å²) >= 11 is 0. The molecular formula is C19H22N4O7S. The molecule has 0 unspecified atom stereocenters. The highest BCUT2D eigenvalue weighted by molar-refractivity contribution is 7.89. The van der Waals surface area contributed by atoms with E-state index in [1.165, 1.54) is 28.7 Å². The molecule has 2 aromatic rings. The van der Waals surface area contributed by atoms with Gasteiger partial charge in [0.05, 0.1) is 35.9 Å². The molecule has 12 heteroatoms. The molecule has 3 rings (SSSR count). The lowest BCUT2D eigenvalue weighted by Crippen LogP contribution is -2.40. The topological polar surface area (TPSA) is 144 Å². The van der Waals surface area contributed by atoms with Crippen LogP contribution in [-0.2, 0) is 14.8 Å². The SMILES string of the molecule is CCOc1cc(/C=N/Nc2ccc(S(=O)(=O)N3CCOCC3)cc2[N+](=O)[O-])ccc1O. The number of rotatable bonds is 8. The van der Waals surface area contributed by atoms with E-state index < -0.39 is 20.6 Å². The number of hydrogen-bond donors (Lipinski definition) is 2. The third-order valence-corrected chi connectivity index (χ3v) is 6.35. The van der Waals surface area contributed by atoms with Crippen molar-refractivity contribution in [3.8, 4) is 11.5 Å². The number of hydrogen-bond acceptors (Lipinski definition) is 9. The number of anilines is 1. The Kier molecular flexibility index (Phi) is 7.05. The number of morpholine rings is 1. The zero-order valence-corrected chi connectivity index (χ0v) is 17.5. The summed E-state index contributed by atoms with van der Waals surface area (Å²) in [4.78, 5) is 10.7. The van der Waals surface area contributed by atoms with E-state index in [0.29, 0.717) is 12.2 Å². The molecule has 0 aliphatic carbocycles. The maximum atomic E-state index is 12.8. The first-order valence-corrected chi connectivity index (χ1v) is 10.9. The predicted octanol–water partition coefficient (Wildman–Crippen LogP) is 2.17. The molecule has 0 aromatic heterocycles. The highest BCUT2D eigenvalue weighted by Gasteiger charge is 2.28. The summed E-state index contributed by atoms with van der Waals surface area (Å²) in [6, 6.07) is 8.21. The summed E-state index contributed by atoms with van der Waals surface area (Å²) in [5.41, 5.74) is 2.76. The molecule has 2 N–H and O–H groups in total. The third kappa shape index (κ3) is 5.29. The first-order chi connectivity index (χ1) is 14.8. The smallest absolute Gasteiger partial charge is 0.295 e. The third-order valence-electron chi connectivity index (χ3n) is 4.46. The van der Waals surface area contributed by atoms with E-state index in [1.807, 2.05) is 0 Å². The van der Waals surface area contributed by atoms with E-state index in [9.17, 15) is 23.6 Å². The fraction of sp³-hybridized carbons (Fsp3) is 0.316. The second-order valence-electron chi connectivity index (χ2n) is 6.48. The van der Waals surface area contributed by atoms with Gasteiger partial charge in [0.1, 0.15) is 5.69 Å². The zero-order valence-electron chi connectivity index (χ0n) is 16.7. The molecule has 2 aromatic carbocycles. The number of aromatic hydroxyl groups is 1. The number of hydrazone groups is 1. The Hall–Kier alpha value is -3.22. The molecule has 0 atom stereocenters. The van der Waals surface area contributed by atoms with Crippen LogP contribution in [0, 0.1) is 10.1 Å². The molecule has 11 nitrogen and oxygen atoms in total. The fourth-order valence-corrected chi connectivity index (χ4v) is 4.34. The Labute approximate surface area is 179 Å². The van der Waals surface area contributed by atoms with Gasteiger partial charge in [-0.3, -0.25) is 15.5 Å². The molecule has 166 valence electrons. The Morgan fingerprint density at radius 3 is 2.71 bits per heavy atom. The minimum absolute atomic E-state index is 0.0142. The molecule has 1 saturated heterocycles. The molecule has 0 spiro atoms. The molecule has 1 aliphatic heterocycles. The fourth-order valence-electron chi connectivity index (χ4n) is 2.91. The molecule has 1 heterocycles. The van der Waals surface area contributed by atoms with Crippen LogP contribution in [-0.4, -0.2) is 61.9 Å². The number of nitro groups is 1. The van der Waals surface area contributed by atoms with Crippen LogP contribution in [0.25, 0.3) is 0 Å². The van der Waals surface area contributed by atoms with Crippen molar-refractivity contribution < 1.29 is 27.9 Å². The van der Waals surface area contributed by atoms with Crippen molar-refractivity contribution in [2.45, 2.75) is 11.8 Å². The van der Waals surface area contributed by atoms with Crippen molar-refractivity contribution in [2.75, 3.05) is 38.3 Å². The Morgan fingerprint density at radius 2 is 2.03 bits per heavy atom. The van der Waals surface area contributed by atoms with Crippen LogP contribution in [0.15, 0.2) is 46.4 Å². The van der Waals surface area contributed by atoms with Crippen LogP contribution in [0.5, 0.6) is 11.5 Å². The minimum atomic E-state index is -3.87. The summed E-state index contributed by atoms with van der Waals surface area (Å²) in [6.07, 6.45) is 1.39. The first kappa shape index (κ1) is 22.5. The molecule has 1 fully saturated rings. The maximum Gasteiger partial charge on any atom is 0.295 e. The molecule has 0 radical (unpaired) electrons. The van der Waals surface area contributed by atoms with Crippen LogP contribution in [0.3, 0.4) is 0 Å². The highest BCUT2D eigenvalue weighted by atomic mass is 32.2. The van der Waals surface area contributed by atoms with Crippen LogP contribution in [0.1, 0.15) is 12.5 Å². The quantitative estimate of drug-likeness (QED) is 0.354. The van der Waals surface area contributed by atoms with Crippen molar-refractivity contribution in [3.05, 3.63) is 52.1 Å². The number of phenolic OH excluding ortho intramolecular Hbond substituents is 1. The second-order valence-corrected chi connectivity index (χ2v) is 8.42. The Morgan fingerprint density at radius 1 is 1.29 bits per heavy atom. The van der Waals surface area contributed by atoms with Crippen molar-refractivity contribution in [1.29, 1.82) is 0 Å². The van der Waals surface area contributed by atoms with Crippen LogP contribution in [0.4, 0.5) is 11.4 Å². The van der Waals surface area contributed by atoms with Gasteiger partial charge in [0.25, 0.3) is 5.69 Å². The van der Waals surface area contributed by atoms with E-state index in [0.717, 1.165) is 6.07 Å². The molecular weight excluding hydrogens is 428 g/mol. The van der Waals surface area contributed by atoms with Gasteiger partial charge < -0.3 is 14.6 Å². The van der Waals surface area contributed by atoms with E-state index in [1.54, 1.807) is 19.1 Å². The average molecular weight is 450 g/mol. The molecule has 1 aliphatic rings. The molecule has 0 amide bonds. The molecule has 31 heavy (non-hydrogen) atoms. The van der Waals surface area contributed by atoms with Gasteiger partial charge in [-0.1, -0.05) is 0 Å².